The molecule has 94 valence electrons. The largest absolute Gasteiger partial charge is 0.396 e. The van der Waals surface area contributed by atoms with Gasteiger partial charge in [-0.05, 0) is 38.6 Å². The first-order valence-corrected chi connectivity index (χ1v) is 6.40. The van der Waals surface area contributed by atoms with Crippen LogP contribution in [0.5, 0.6) is 0 Å². The zero-order valence-electron chi connectivity index (χ0n) is 10.2. The third-order valence-electron chi connectivity index (χ3n) is 3.10. The smallest absolute Gasteiger partial charge is 0.236 e. The quantitative estimate of drug-likeness (QED) is 0.603. The van der Waals surface area contributed by atoms with Crippen LogP contribution in [0.3, 0.4) is 0 Å². The number of carbonyl (C=O) groups is 1. The highest BCUT2D eigenvalue weighted by Gasteiger charge is 2.27. The van der Waals surface area contributed by atoms with Gasteiger partial charge < -0.3 is 15.3 Å². The Morgan fingerprint density at radius 2 is 2.25 bits per heavy atom. The standard InChI is InChI=1S/C12H24N2O2/c1-2-7-13-10-12(16)14(8-4-9-15)11-5-3-6-11/h11,13,15H,2-10H2,1H3. The van der Waals surface area contributed by atoms with E-state index in [1.807, 2.05) is 4.90 Å². The molecule has 1 amide bonds. The van der Waals surface area contributed by atoms with Crippen LogP contribution in [0.25, 0.3) is 0 Å². The van der Waals surface area contributed by atoms with E-state index in [0.29, 0.717) is 25.6 Å². The second-order valence-electron chi connectivity index (χ2n) is 4.43. The van der Waals surface area contributed by atoms with E-state index in [-0.39, 0.29) is 12.5 Å². The van der Waals surface area contributed by atoms with E-state index in [9.17, 15) is 4.79 Å². The van der Waals surface area contributed by atoms with E-state index in [1.54, 1.807) is 0 Å². The summed E-state index contributed by atoms with van der Waals surface area (Å²) in [6.45, 7) is 4.29. The molecule has 0 heterocycles. The predicted molar refractivity (Wildman–Crippen MR) is 64.2 cm³/mol. The monoisotopic (exact) mass is 228 g/mol. The molecule has 0 aromatic heterocycles. The number of nitrogens with one attached hydrogen (secondary N) is 1. The average Bonchev–Trinajstić information content (AvgIpc) is 2.21. The number of nitrogens with zero attached hydrogens (tertiary/aromatic N) is 1. The molecule has 1 fully saturated rings. The van der Waals surface area contributed by atoms with Crippen LogP contribution in [-0.2, 0) is 4.79 Å². The number of hydrogen-bond acceptors (Lipinski definition) is 3. The molecule has 0 saturated heterocycles. The number of hydrogen-bond donors (Lipinski definition) is 2. The lowest BCUT2D eigenvalue weighted by Crippen LogP contribution is -2.48. The maximum Gasteiger partial charge on any atom is 0.236 e. The summed E-state index contributed by atoms with van der Waals surface area (Å²) >= 11 is 0. The fourth-order valence-corrected chi connectivity index (χ4v) is 1.92. The summed E-state index contributed by atoms with van der Waals surface area (Å²) in [7, 11) is 0. The highest BCUT2D eigenvalue weighted by Crippen LogP contribution is 2.24. The van der Waals surface area contributed by atoms with Crippen LogP contribution in [0, 0.1) is 0 Å². The van der Waals surface area contributed by atoms with Crippen molar-refractivity contribution in [2.75, 3.05) is 26.2 Å². The first kappa shape index (κ1) is 13.5. The van der Waals surface area contributed by atoms with Crippen molar-refractivity contribution < 1.29 is 9.90 Å². The Labute approximate surface area is 98.0 Å². The predicted octanol–water partition coefficient (Wildman–Crippen LogP) is 0.749. The molecular weight excluding hydrogens is 204 g/mol. The van der Waals surface area contributed by atoms with Gasteiger partial charge in [0.25, 0.3) is 0 Å². The van der Waals surface area contributed by atoms with Gasteiger partial charge in [0.15, 0.2) is 0 Å². The average molecular weight is 228 g/mol. The minimum atomic E-state index is 0.166. The van der Waals surface area contributed by atoms with Gasteiger partial charge in [-0.3, -0.25) is 4.79 Å². The summed E-state index contributed by atoms with van der Waals surface area (Å²) in [5.41, 5.74) is 0. The molecule has 0 spiro atoms. The number of rotatable bonds is 8. The zero-order chi connectivity index (χ0) is 11.8. The summed E-state index contributed by atoms with van der Waals surface area (Å²) < 4.78 is 0. The molecule has 2 N–H and O–H groups in total. The summed E-state index contributed by atoms with van der Waals surface area (Å²) in [6, 6.07) is 0.433. The highest BCUT2D eigenvalue weighted by molar-refractivity contribution is 5.78. The Morgan fingerprint density at radius 3 is 2.75 bits per heavy atom. The Balaban J connectivity index is 2.31. The number of aliphatic hydroxyl groups is 1. The SMILES string of the molecule is CCCNCC(=O)N(CCCO)C1CCC1. The van der Waals surface area contributed by atoms with Crippen LogP contribution in [-0.4, -0.2) is 48.2 Å². The second kappa shape index (κ2) is 7.63. The fraction of sp³-hybridized carbons (Fsp3) is 0.917. The minimum Gasteiger partial charge on any atom is -0.396 e. The number of aliphatic hydroxyl groups excluding tert-OH is 1. The molecule has 16 heavy (non-hydrogen) atoms. The lowest BCUT2D eigenvalue weighted by Gasteiger charge is -2.37. The van der Waals surface area contributed by atoms with Crippen LogP contribution < -0.4 is 5.32 Å². The van der Waals surface area contributed by atoms with Crippen LogP contribution in [0.2, 0.25) is 0 Å². The van der Waals surface area contributed by atoms with Crippen molar-refractivity contribution in [3.05, 3.63) is 0 Å². The molecule has 4 heteroatoms. The Hall–Kier alpha value is -0.610. The molecule has 1 aliphatic rings. The first-order chi connectivity index (χ1) is 7.79. The summed E-state index contributed by atoms with van der Waals surface area (Å²) in [6.07, 6.45) is 5.23. The second-order valence-corrected chi connectivity index (χ2v) is 4.43. The number of carbonyl (C=O) groups excluding carboxylic acids is 1. The molecule has 0 bridgehead atoms. The van der Waals surface area contributed by atoms with Crippen molar-refractivity contribution in [2.45, 2.75) is 45.1 Å². The Kier molecular flexibility index (Phi) is 6.42. The molecule has 0 aromatic rings. The fourth-order valence-electron chi connectivity index (χ4n) is 1.92. The van der Waals surface area contributed by atoms with E-state index < -0.39 is 0 Å². The third-order valence-corrected chi connectivity index (χ3v) is 3.10. The van der Waals surface area contributed by atoms with Crippen molar-refractivity contribution in [3.63, 3.8) is 0 Å². The molecule has 0 unspecified atom stereocenters. The van der Waals surface area contributed by atoms with Crippen molar-refractivity contribution in [3.8, 4) is 0 Å². The molecule has 1 rings (SSSR count). The topological polar surface area (TPSA) is 52.6 Å². The summed E-state index contributed by atoms with van der Waals surface area (Å²) in [5, 5.41) is 12.0. The van der Waals surface area contributed by atoms with Crippen molar-refractivity contribution in [2.24, 2.45) is 0 Å². The lowest BCUT2D eigenvalue weighted by atomic mass is 9.91. The van der Waals surface area contributed by atoms with E-state index in [2.05, 4.69) is 12.2 Å². The molecule has 0 atom stereocenters. The molecular formula is C12H24N2O2. The summed E-state index contributed by atoms with van der Waals surface area (Å²) in [4.78, 5) is 13.9. The van der Waals surface area contributed by atoms with Gasteiger partial charge in [-0.25, -0.2) is 0 Å². The molecule has 1 saturated carbocycles. The van der Waals surface area contributed by atoms with E-state index in [0.717, 1.165) is 25.8 Å². The van der Waals surface area contributed by atoms with Crippen LogP contribution >= 0.6 is 0 Å². The van der Waals surface area contributed by atoms with Crippen LogP contribution in [0.4, 0.5) is 0 Å². The highest BCUT2D eigenvalue weighted by atomic mass is 16.3. The van der Waals surface area contributed by atoms with Gasteiger partial charge in [-0.2, -0.15) is 0 Å². The van der Waals surface area contributed by atoms with Gasteiger partial charge in [0, 0.05) is 19.2 Å². The summed E-state index contributed by atoms with van der Waals surface area (Å²) in [5.74, 6) is 0.187. The maximum atomic E-state index is 11.9. The molecule has 1 aliphatic carbocycles. The van der Waals surface area contributed by atoms with Gasteiger partial charge in [-0.1, -0.05) is 6.92 Å². The zero-order valence-corrected chi connectivity index (χ0v) is 10.2. The van der Waals surface area contributed by atoms with Gasteiger partial charge >= 0.3 is 0 Å². The van der Waals surface area contributed by atoms with E-state index in [4.69, 9.17) is 5.11 Å². The van der Waals surface area contributed by atoms with Crippen LogP contribution in [0.15, 0.2) is 0 Å². The first-order valence-electron chi connectivity index (χ1n) is 6.40. The van der Waals surface area contributed by atoms with E-state index >= 15 is 0 Å². The Morgan fingerprint density at radius 1 is 1.50 bits per heavy atom. The van der Waals surface area contributed by atoms with Crippen molar-refractivity contribution >= 4 is 5.91 Å². The Bertz CT molecular complexity index is 205. The lowest BCUT2D eigenvalue weighted by molar-refractivity contribution is -0.134. The van der Waals surface area contributed by atoms with Gasteiger partial charge in [-0.15, -0.1) is 0 Å². The molecule has 0 aliphatic heterocycles. The molecule has 0 aromatic carbocycles. The van der Waals surface area contributed by atoms with Gasteiger partial charge in [0.1, 0.15) is 0 Å². The maximum absolute atomic E-state index is 11.9. The van der Waals surface area contributed by atoms with Crippen LogP contribution in [0.1, 0.15) is 39.0 Å². The van der Waals surface area contributed by atoms with Gasteiger partial charge in [0.2, 0.25) is 5.91 Å². The molecule has 4 nitrogen and oxygen atoms in total. The van der Waals surface area contributed by atoms with E-state index in [1.165, 1.54) is 6.42 Å². The normalized spacial score (nSPS) is 15.9. The van der Waals surface area contributed by atoms with Crippen molar-refractivity contribution in [1.82, 2.24) is 10.2 Å². The van der Waals surface area contributed by atoms with Gasteiger partial charge in [0.05, 0.1) is 6.54 Å². The minimum absolute atomic E-state index is 0.166. The number of amides is 1. The third kappa shape index (κ3) is 4.10. The molecule has 0 radical (unpaired) electrons. The van der Waals surface area contributed by atoms with Crippen molar-refractivity contribution in [1.29, 1.82) is 0 Å².